The Morgan fingerprint density at radius 1 is 1.10 bits per heavy atom. The third kappa shape index (κ3) is 2.38. The summed E-state index contributed by atoms with van der Waals surface area (Å²) in [5.74, 6) is 1.67. The van der Waals surface area contributed by atoms with Gasteiger partial charge in [-0.25, -0.2) is 4.98 Å². The second kappa shape index (κ2) is 4.74. The molecule has 1 fully saturated rings. The number of aromatic nitrogens is 2. The predicted molar refractivity (Wildman–Crippen MR) is 83.1 cm³/mol. The van der Waals surface area contributed by atoms with Gasteiger partial charge < -0.3 is 10.3 Å². The lowest BCUT2D eigenvalue weighted by Crippen LogP contribution is -2.40. The van der Waals surface area contributed by atoms with E-state index in [2.05, 4.69) is 62.3 Å². The van der Waals surface area contributed by atoms with Crippen LogP contribution in [-0.4, -0.2) is 23.1 Å². The highest BCUT2D eigenvalue weighted by molar-refractivity contribution is 5.62. The molecule has 0 aliphatic carbocycles. The minimum Gasteiger partial charge on any atom is -0.345 e. The van der Waals surface area contributed by atoms with Gasteiger partial charge in [0.2, 0.25) is 0 Å². The minimum absolute atomic E-state index is 0.196. The number of imidazole rings is 1. The maximum Gasteiger partial charge on any atom is 0.112 e. The second-order valence-electron chi connectivity index (χ2n) is 6.78. The summed E-state index contributed by atoms with van der Waals surface area (Å²) in [6, 6.07) is 8.81. The van der Waals surface area contributed by atoms with E-state index in [0.29, 0.717) is 5.92 Å². The van der Waals surface area contributed by atoms with Gasteiger partial charge in [0.25, 0.3) is 0 Å². The zero-order chi connectivity index (χ0) is 14.3. The second-order valence-corrected chi connectivity index (χ2v) is 6.78. The van der Waals surface area contributed by atoms with Gasteiger partial charge in [-0.05, 0) is 17.9 Å². The highest BCUT2D eigenvalue weighted by Crippen LogP contribution is 2.28. The number of hydrogen-bond acceptors (Lipinski definition) is 2. The van der Waals surface area contributed by atoms with Crippen LogP contribution in [0.2, 0.25) is 0 Å². The molecule has 1 aromatic carbocycles. The van der Waals surface area contributed by atoms with E-state index in [1.807, 2.05) is 0 Å². The molecule has 0 unspecified atom stereocenters. The Labute approximate surface area is 120 Å². The third-order valence-corrected chi connectivity index (χ3v) is 4.10. The molecule has 106 valence electrons. The SMILES string of the molecule is Cc1[nH]c(C2CNC2)nc1-c1ccc(C(C)(C)C)cc1. The van der Waals surface area contributed by atoms with Crippen LogP contribution >= 0.6 is 0 Å². The van der Waals surface area contributed by atoms with Gasteiger partial charge in [0.05, 0.1) is 5.69 Å². The van der Waals surface area contributed by atoms with E-state index >= 15 is 0 Å². The molecular weight excluding hydrogens is 246 g/mol. The van der Waals surface area contributed by atoms with Gasteiger partial charge in [-0.3, -0.25) is 0 Å². The first-order valence-electron chi connectivity index (χ1n) is 7.33. The number of aromatic amines is 1. The van der Waals surface area contributed by atoms with Crippen molar-refractivity contribution in [2.45, 2.75) is 39.0 Å². The number of hydrogen-bond donors (Lipinski definition) is 2. The molecule has 0 radical (unpaired) electrons. The molecule has 2 N–H and O–H groups in total. The number of benzene rings is 1. The van der Waals surface area contributed by atoms with Crippen molar-refractivity contribution in [1.29, 1.82) is 0 Å². The summed E-state index contributed by atoms with van der Waals surface area (Å²) in [6.07, 6.45) is 0. The van der Waals surface area contributed by atoms with E-state index in [1.165, 1.54) is 11.1 Å². The molecule has 2 aromatic rings. The summed E-state index contributed by atoms with van der Waals surface area (Å²) >= 11 is 0. The summed E-state index contributed by atoms with van der Waals surface area (Å²) in [5.41, 5.74) is 5.01. The fraction of sp³-hybridized carbons (Fsp3) is 0.471. The molecule has 1 aromatic heterocycles. The Bertz CT molecular complexity index is 598. The Hall–Kier alpha value is -1.61. The Morgan fingerprint density at radius 3 is 2.25 bits per heavy atom. The zero-order valence-electron chi connectivity index (χ0n) is 12.7. The Kier molecular flexibility index (Phi) is 3.17. The van der Waals surface area contributed by atoms with Crippen molar-refractivity contribution in [2.24, 2.45) is 0 Å². The standard InChI is InChI=1S/C17H23N3/c1-11-15(20-16(19-11)13-9-18-10-13)12-5-7-14(8-6-12)17(2,3)4/h5-8,13,18H,9-10H2,1-4H3,(H,19,20). The van der Waals surface area contributed by atoms with Crippen molar-refractivity contribution in [3.05, 3.63) is 41.3 Å². The fourth-order valence-corrected chi connectivity index (χ4v) is 2.57. The molecule has 0 atom stereocenters. The molecule has 3 rings (SSSR count). The van der Waals surface area contributed by atoms with Crippen molar-refractivity contribution in [3.8, 4) is 11.3 Å². The monoisotopic (exact) mass is 269 g/mol. The lowest BCUT2D eigenvalue weighted by molar-refractivity contribution is 0.432. The molecule has 1 saturated heterocycles. The van der Waals surface area contributed by atoms with E-state index in [-0.39, 0.29) is 5.41 Å². The van der Waals surface area contributed by atoms with E-state index in [9.17, 15) is 0 Å². The average molecular weight is 269 g/mol. The minimum atomic E-state index is 0.196. The van der Waals surface area contributed by atoms with Crippen LogP contribution in [0, 0.1) is 6.92 Å². The number of nitrogens with one attached hydrogen (secondary N) is 2. The van der Waals surface area contributed by atoms with Gasteiger partial charge in [0.1, 0.15) is 5.82 Å². The zero-order valence-corrected chi connectivity index (χ0v) is 12.7. The number of nitrogens with zero attached hydrogens (tertiary/aromatic N) is 1. The summed E-state index contributed by atoms with van der Waals surface area (Å²) in [7, 11) is 0. The smallest absolute Gasteiger partial charge is 0.112 e. The molecule has 1 aliphatic heterocycles. The van der Waals surface area contributed by atoms with Crippen LogP contribution in [0.4, 0.5) is 0 Å². The highest BCUT2D eigenvalue weighted by atomic mass is 15.0. The first-order valence-corrected chi connectivity index (χ1v) is 7.33. The molecule has 0 amide bonds. The van der Waals surface area contributed by atoms with E-state index in [4.69, 9.17) is 4.98 Å². The molecule has 0 bridgehead atoms. The van der Waals surface area contributed by atoms with Gasteiger partial charge in [-0.2, -0.15) is 0 Å². The van der Waals surface area contributed by atoms with Crippen molar-refractivity contribution in [1.82, 2.24) is 15.3 Å². The van der Waals surface area contributed by atoms with Crippen LogP contribution in [0.25, 0.3) is 11.3 Å². The molecule has 3 nitrogen and oxygen atoms in total. The number of aryl methyl sites for hydroxylation is 1. The summed E-state index contributed by atoms with van der Waals surface area (Å²) in [4.78, 5) is 8.24. The van der Waals surface area contributed by atoms with Crippen molar-refractivity contribution in [3.63, 3.8) is 0 Å². The van der Waals surface area contributed by atoms with Gasteiger partial charge in [-0.15, -0.1) is 0 Å². The van der Waals surface area contributed by atoms with E-state index < -0.39 is 0 Å². The summed E-state index contributed by atoms with van der Waals surface area (Å²) < 4.78 is 0. The number of H-pyrrole nitrogens is 1. The topological polar surface area (TPSA) is 40.7 Å². The third-order valence-electron chi connectivity index (χ3n) is 4.10. The van der Waals surface area contributed by atoms with Gasteiger partial charge in [0.15, 0.2) is 0 Å². The first kappa shape index (κ1) is 13.4. The molecule has 3 heteroatoms. The van der Waals surface area contributed by atoms with Crippen molar-refractivity contribution in [2.75, 3.05) is 13.1 Å². The van der Waals surface area contributed by atoms with Crippen LogP contribution in [0.1, 0.15) is 43.8 Å². The van der Waals surface area contributed by atoms with Crippen LogP contribution in [0.5, 0.6) is 0 Å². The van der Waals surface area contributed by atoms with E-state index in [1.54, 1.807) is 0 Å². The predicted octanol–water partition coefficient (Wildman–Crippen LogP) is 3.37. The summed E-state index contributed by atoms with van der Waals surface area (Å²) in [6.45, 7) is 10.9. The van der Waals surface area contributed by atoms with Crippen LogP contribution < -0.4 is 5.32 Å². The lowest BCUT2D eigenvalue weighted by Gasteiger charge is -2.24. The van der Waals surface area contributed by atoms with E-state index in [0.717, 1.165) is 30.3 Å². The Balaban J connectivity index is 1.90. The lowest BCUT2D eigenvalue weighted by atomic mass is 9.86. The summed E-state index contributed by atoms with van der Waals surface area (Å²) in [5, 5.41) is 3.29. The van der Waals surface area contributed by atoms with Gasteiger partial charge in [0, 0.05) is 30.3 Å². The molecule has 1 aliphatic rings. The molecule has 2 heterocycles. The maximum absolute atomic E-state index is 4.80. The van der Waals surface area contributed by atoms with Crippen molar-refractivity contribution < 1.29 is 0 Å². The normalized spacial score (nSPS) is 16.2. The molecular formula is C17H23N3. The van der Waals surface area contributed by atoms with Crippen molar-refractivity contribution >= 4 is 0 Å². The maximum atomic E-state index is 4.80. The van der Waals surface area contributed by atoms with Crippen LogP contribution in [0.15, 0.2) is 24.3 Å². The van der Waals surface area contributed by atoms with Gasteiger partial charge >= 0.3 is 0 Å². The van der Waals surface area contributed by atoms with Crippen LogP contribution in [0.3, 0.4) is 0 Å². The highest BCUT2D eigenvalue weighted by Gasteiger charge is 2.23. The van der Waals surface area contributed by atoms with Crippen LogP contribution in [-0.2, 0) is 5.41 Å². The van der Waals surface area contributed by atoms with Gasteiger partial charge in [-0.1, -0.05) is 45.0 Å². The average Bonchev–Trinajstić information content (AvgIpc) is 2.68. The molecule has 0 spiro atoms. The number of rotatable bonds is 2. The first-order chi connectivity index (χ1) is 9.45. The quantitative estimate of drug-likeness (QED) is 0.877. The molecule has 0 saturated carbocycles. The largest absolute Gasteiger partial charge is 0.345 e. The Morgan fingerprint density at radius 2 is 1.75 bits per heavy atom. The molecule has 20 heavy (non-hydrogen) atoms. The fourth-order valence-electron chi connectivity index (χ4n) is 2.57.